The van der Waals surface area contributed by atoms with Crippen LogP contribution in [0.5, 0.6) is 17.2 Å². The minimum absolute atomic E-state index is 0.0437. The normalized spacial score (nSPS) is 11.5. The van der Waals surface area contributed by atoms with Gasteiger partial charge in [-0.05, 0) is 67.8 Å². The Morgan fingerprint density at radius 3 is 2.10 bits per heavy atom. The van der Waals surface area contributed by atoms with Gasteiger partial charge in [0.2, 0.25) is 0 Å². The summed E-state index contributed by atoms with van der Waals surface area (Å²) in [7, 11) is 0. The van der Waals surface area contributed by atoms with Gasteiger partial charge in [0.15, 0.2) is 5.75 Å². The zero-order valence-electron chi connectivity index (χ0n) is 28.2. The van der Waals surface area contributed by atoms with Crippen LogP contribution in [0.25, 0.3) is 52.3 Å². The second-order valence-electron chi connectivity index (χ2n) is 11.7. The maximum absolute atomic E-state index is 13.1. The van der Waals surface area contributed by atoms with Crippen LogP contribution in [0.2, 0.25) is 0 Å². The Kier molecular flexibility index (Phi) is 9.02. The lowest BCUT2D eigenvalue weighted by Crippen LogP contribution is -2.13. The third-order valence-corrected chi connectivity index (χ3v) is 10.5. The fourth-order valence-electron chi connectivity index (χ4n) is 5.92. The van der Waals surface area contributed by atoms with Crippen LogP contribution in [0.3, 0.4) is 0 Å². The number of azo groups is 1. The predicted molar refractivity (Wildman–Crippen MR) is 210 cm³/mol. The molecular weight excluding hydrogens is 691 g/mol. The number of hydrogen-bond acceptors (Lipinski definition) is 10. The van der Waals surface area contributed by atoms with Crippen molar-refractivity contribution in [3.05, 3.63) is 121 Å². The summed E-state index contributed by atoms with van der Waals surface area (Å²) in [5.41, 5.74) is 4.88. The van der Waals surface area contributed by atoms with Crippen molar-refractivity contribution in [1.82, 2.24) is 9.97 Å². The molecule has 0 fully saturated rings. The molecule has 0 spiro atoms. The third kappa shape index (κ3) is 6.43. The SMILES string of the molecule is CCOc1cc(NC(=O)c2ccccc2)c(OCC)cc1N=Nc1c(O)c(-c2nc3ccccc3s2)cc2cc(-c3nc4ccccc4s3)ccc12. The summed E-state index contributed by atoms with van der Waals surface area (Å²) in [5, 5.41) is 27.2. The van der Waals surface area contributed by atoms with Crippen molar-refractivity contribution < 1.29 is 19.4 Å². The molecule has 2 heterocycles. The molecule has 8 rings (SSSR count). The summed E-state index contributed by atoms with van der Waals surface area (Å²) in [6.07, 6.45) is 0. The Labute approximate surface area is 306 Å². The highest BCUT2D eigenvalue weighted by Gasteiger charge is 2.20. The molecule has 8 aromatic rings. The van der Waals surface area contributed by atoms with E-state index in [2.05, 4.69) is 27.7 Å². The highest BCUT2D eigenvalue weighted by molar-refractivity contribution is 7.22. The summed E-state index contributed by atoms with van der Waals surface area (Å²) in [6, 6.07) is 36.2. The summed E-state index contributed by atoms with van der Waals surface area (Å²) in [6.45, 7) is 4.42. The van der Waals surface area contributed by atoms with Gasteiger partial charge in [0.05, 0.1) is 44.9 Å². The van der Waals surface area contributed by atoms with Crippen molar-refractivity contribution in [2.75, 3.05) is 18.5 Å². The lowest BCUT2D eigenvalue weighted by atomic mass is 10.0. The van der Waals surface area contributed by atoms with Gasteiger partial charge in [-0.25, -0.2) is 9.97 Å². The number of ether oxygens (including phenoxy) is 2. The molecule has 0 unspecified atom stereocenters. The summed E-state index contributed by atoms with van der Waals surface area (Å²) < 4.78 is 14.0. The average Bonchev–Trinajstić information content (AvgIpc) is 3.81. The Bertz CT molecular complexity index is 2570. The Morgan fingerprint density at radius 2 is 1.38 bits per heavy atom. The van der Waals surface area contributed by atoms with Crippen LogP contribution in [0.4, 0.5) is 17.1 Å². The number of thiazole rings is 2. The van der Waals surface area contributed by atoms with Crippen LogP contribution in [0.1, 0.15) is 24.2 Å². The van der Waals surface area contributed by atoms with Crippen molar-refractivity contribution in [2.45, 2.75) is 13.8 Å². The number of nitrogens with zero attached hydrogens (tertiary/aromatic N) is 4. The molecule has 1 amide bonds. The molecule has 52 heavy (non-hydrogen) atoms. The number of carbonyl (C=O) groups is 1. The molecule has 11 heteroatoms. The molecule has 0 radical (unpaired) electrons. The summed E-state index contributed by atoms with van der Waals surface area (Å²) in [5.74, 6) is 0.466. The zero-order chi connectivity index (χ0) is 35.6. The van der Waals surface area contributed by atoms with E-state index in [-0.39, 0.29) is 17.3 Å². The van der Waals surface area contributed by atoms with Gasteiger partial charge in [0, 0.05) is 28.6 Å². The van der Waals surface area contributed by atoms with Gasteiger partial charge in [-0.3, -0.25) is 4.79 Å². The Morgan fingerprint density at radius 1 is 0.731 bits per heavy atom. The van der Waals surface area contributed by atoms with E-state index in [0.717, 1.165) is 36.4 Å². The predicted octanol–water partition coefficient (Wildman–Crippen LogP) is 11.6. The Balaban J connectivity index is 1.25. The highest BCUT2D eigenvalue weighted by Crippen LogP contribution is 2.47. The van der Waals surface area contributed by atoms with Crippen molar-refractivity contribution in [3.63, 3.8) is 0 Å². The largest absolute Gasteiger partial charge is 0.505 e. The van der Waals surface area contributed by atoms with Gasteiger partial charge >= 0.3 is 0 Å². The summed E-state index contributed by atoms with van der Waals surface area (Å²) >= 11 is 3.12. The van der Waals surface area contributed by atoms with Gasteiger partial charge in [0.1, 0.15) is 32.9 Å². The third-order valence-electron chi connectivity index (χ3n) is 8.35. The van der Waals surface area contributed by atoms with Crippen LogP contribution in [0, 0.1) is 0 Å². The summed E-state index contributed by atoms with van der Waals surface area (Å²) in [4.78, 5) is 22.8. The van der Waals surface area contributed by atoms with E-state index in [1.165, 1.54) is 11.3 Å². The molecule has 2 aromatic heterocycles. The molecule has 0 bridgehead atoms. The van der Waals surface area contributed by atoms with E-state index in [4.69, 9.17) is 19.4 Å². The van der Waals surface area contributed by atoms with E-state index in [0.29, 0.717) is 57.6 Å². The maximum Gasteiger partial charge on any atom is 0.255 e. The quantitative estimate of drug-likeness (QED) is 0.136. The number of rotatable bonds is 10. The number of anilines is 1. The highest BCUT2D eigenvalue weighted by atomic mass is 32.1. The van der Waals surface area contributed by atoms with Gasteiger partial charge in [-0.2, -0.15) is 0 Å². The molecule has 0 aliphatic carbocycles. The first-order valence-electron chi connectivity index (χ1n) is 16.7. The van der Waals surface area contributed by atoms with Crippen LogP contribution in [-0.2, 0) is 0 Å². The molecule has 0 saturated heterocycles. The second kappa shape index (κ2) is 14.2. The number of carbonyl (C=O) groups excluding carboxylic acids is 1. The molecule has 0 atom stereocenters. The zero-order valence-corrected chi connectivity index (χ0v) is 29.8. The molecule has 6 aromatic carbocycles. The number of aromatic hydroxyl groups is 1. The number of benzene rings is 6. The second-order valence-corrected chi connectivity index (χ2v) is 13.8. The molecule has 2 N–H and O–H groups in total. The molecule has 0 saturated carbocycles. The number of aromatic nitrogens is 2. The number of phenols is 1. The fraction of sp³-hybridized carbons (Fsp3) is 0.0976. The molecule has 9 nitrogen and oxygen atoms in total. The lowest BCUT2D eigenvalue weighted by molar-refractivity contribution is 0.102. The molecular formula is C41H31N5O4S2. The van der Waals surface area contributed by atoms with Gasteiger partial charge in [-0.15, -0.1) is 32.9 Å². The molecule has 256 valence electrons. The minimum Gasteiger partial charge on any atom is -0.505 e. The minimum atomic E-state index is -0.286. The van der Waals surface area contributed by atoms with E-state index < -0.39 is 0 Å². The number of amides is 1. The number of fused-ring (bicyclic) bond motifs is 3. The Hall–Kier alpha value is -6.17. The standard InChI is InChI=1S/C41H31N5O4S2/c1-3-49-33-23-32(34(50-4-2)22-31(33)42-39(48)24-12-6-5-7-13-24)45-46-37-27-19-18-25(40-43-29-14-8-10-16-35(29)51-40)20-26(27)21-28(38(37)47)41-44-30-15-9-11-17-36(30)52-41/h5-23,47H,3-4H2,1-2H3,(H,42,48). The van der Waals surface area contributed by atoms with Crippen LogP contribution in [0.15, 0.2) is 125 Å². The van der Waals surface area contributed by atoms with E-state index in [1.54, 1.807) is 47.7 Å². The first kappa shape index (κ1) is 33.0. The fourth-order valence-corrected chi connectivity index (χ4v) is 7.86. The number of nitrogens with one attached hydrogen (secondary N) is 1. The monoisotopic (exact) mass is 721 g/mol. The van der Waals surface area contributed by atoms with Crippen molar-refractivity contribution in [3.8, 4) is 38.4 Å². The number of para-hydroxylation sites is 2. The smallest absolute Gasteiger partial charge is 0.255 e. The molecule has 0 aliphatic heterocycles. The van der Waals surface area contributed by atoms with Crippen molar-refractivity contribution >= 4 is 76.8 Å². The van der Waals surface area contributed by atoms with Crippen molar-refractivity contribution in [1.29, 1.82) is 0 Å². The topological polar surface area (TPSA) is 118 Å². The molecule has 0 aliphatic rings. The lowest BCUT2D eigenvalue weighted by Gasteiger charge is -2.15. The number of hydrogen-bond donors (Lipinski definition) is 2. The van der Waals surface area contributed by atoms with E-state index in [1.807, 2.05) is 80.6 Å². The van der Waals surface area contributed by atoms with Gasteiger partial charge in [-0.1, -0.05) is 54.6 Å². The average molecular weight is 722 g/mol. The van der Waals surface area contributed by atoms with E-state index in [9.17, 15) is 9.90 Å². The van der Waals surface area contributed by atoms with E-state index >= 15 is 0 Å². The van der Waals surface area contributed by atoms with Crippen molar-refractivity contribution in [2.24, 2.45) is 10.2 Å². The van der Waals surface area contributed by atoms with Crippen LogP contribution < -0.4 is 14.8 Å². The van der Waals surface area contributed by atoms with Gasteiger partial charge < -0.3 is 19.9 Å². The first-order valence-corrected chi connectivity index (χ1v) is 18.4. The first-order chi connectivity index (χ1) is 25.5. The van der Waals surface area contributed by atoms with Crippen LogP contribution >= 0.6 is 22.7 Å². The maximum atomic E-state index is 13.1. The van der Waals surface area contributed by atoms with Crippen LogP contribution in [-0.4, -0.2) is 34.2 Å². The number of phenolic OH excluding ortho intramolecular Hbond substituents is 1. The van der Waals surface area contributed by atoms with Gasteiger partial charge in [0.25, 0.3) is 5.91 Å².